The second-order valence-corrected chi connectivity index (χ2v) is 6.74. The minimum atomic E-state index is 0. The zero-order chi connectivity index (χ0) is 15.8. The molecule has 23 heavy (non-hydrogen) atoms. The SMILES string of the molecule is CCNC(=NCC(=O)N1CCCCC1)NC1CCC(C)CC1.I. The van der Waals surface area contributed by atoms with Crippen molar-refractivity contribution in [2.45, 2.75) is 64.8 Å². The fourth-order valence-corrected chi connectivity index (χ4v) is 3.31. The van der Waals surface area contributed by atoms with Gasteiger partial charge in [0.15, 0.2) is 5.96 Å². The third kappa shape index (κ3) is 7.27. The van der Waals surface area contributed by atoms with Gasteiger partial charge in [0.2, 0.25) is 5.91 Å². The van der Waals surface area contributed by atoms with Crippen molar-refractivity contribution in [2.75, 3.05) is 26.2 Å². The van der Waals surface area contributed by atoms with Gasteiger partial charge in [0, 0.05) is 25.7 Å². The van der Waals surface area contributed by atoms with E-state index in [0.717, 1.165) is 44.4 Å². The van der Waals surface area contributed by atoms with E-state index in [9.17, 15) is 4.79 Å². The van der Waals surface area contributed by atoms with E-state index in [2.05, 4.69) is 29.5 Å². The van der Waals surface area contributed by atoms with Gasteiger partial charge in [0.05, 0.1) is 0 Å². The van der Waals surface area contributed by atoms with Gasteiger partial charge in [0.25, 0.3) is 0 Å². The number of halogens is 1. The van der Waals surface area contributed by atoms with Crippen LogP contribution in [0.4, 0.5) is 0 Å². The fourth-order valence-electron chi connectivity index (χ4n) is 3.31. The lowest BCUT2D eigenvalue weighted by Gasteiger charge is -2.28. The summed E-state index contributed by atoms with van der Waals surface area (Å²) < 4.78 is 0. The average Bonchev–Trinajstić information content (AvgIpc) is 2.55. The van der Waals surface area contributed by atoms with E-state index in [1.165, 1.54) is 32.1 Å². The molecule has 1 saturated carbocycles. The van der Waals surface area contributed by atoms with Crippen molar-refractivity contribution in [1.82, 2.24) is 15.5 Å². The molecule has 0 aromatic carbocycles. The molecule has 0 aromatic heterocycles. The Bertz CT molecular complexity index is 375. The molecule has 0 spiro atoms. The van der Waals surface area contributed by atoms with Gasteiger partial charge in [-0.05, 0) is 57.8 Å². The molecule has 1 saturated heterocycles. The Labute approximate surface area is 158 Å². The molecule has 2 fully saturated rings. The number of hydrogen-bond acceptors (Lipinski definition) is 2. The number of likely N-dealkylation sites (tertiary alicyclic amines) is 1. The molecule has 1 amide bonds. The molecule has 1 aliphatic heterocycles. The van der Waals surface area contributed by atoms with Gasteiger partial charge < -0.3 is 15.5 Å². The molecule has 134 valence electrons. The number of piperidine rings is 1. The second kappa shape index (κ2) is 11.1. The molecular formula is C17H33IN4O. The van der Waals surface area contributed by atoms with Crippen molar-refractivity contribution in [3.05, 3.63) is 0 Å². The highest BCUT2D eigenvalue weighted by atomic mass is 127. The molecule has 1 aliphatic carbocycles. The zero-order valence-corrected chi connectivity index (χ0v) is 17.0. The second-order valence-electron chi connectivity index (χ2n) is 6.74. The van der Waals surface area contributed by atoms with Crippen molar-refractivity contribution in [1.29, 1.82) is 0 Å². The molecule has 6 heteroatoms. The number of nitrogens with zero attached hydrogens (tertiary/aromatic N) is 2. The molecule has 2 aliphatic rings. The van der Waals surface area contributed by atoms with E-state index in [-0.39, 0.29) is 36.4 Å². The standard InChI is InChI=1S/C17H32N4O.HI/c1-3-18-17(20-15-9-7-14(2)8-10-15)19-13-16(22)21-11-5-4-6-12-21;/h14-15H,3-13H2,1-2H3,(H2,18,19,20);1H. The summed E-state index contributed by atoms with van der Waals surface area (Å²) in [5, 5.41) is 6.77. The lowest BCUT2D eigenvalue weighted by atomic mass is 9.87. The number of hydrogen-bond donors (Lipinski definition) is 2. The van der Waals surface area contributed by atoms with Crippen LogP contribution in [0.2, 0.25) is 0 Å². The molecule has 0 unspecified atom stereocenters. The van der Waals surface area contributed by atoms with E-state index in [1.54, 1.807) is 0 Å². The number of guanidine groups is 1. The number of nitrogens with one attached hydrogen (secondary N) is 2. The third-order valence-corrected chi connectivity index (χ3v) is 4.78. The highest BCUT2D eigenvalue weighted by Gasteiger charge is 2.20. The van der Waals surface area contributed by atoms with Gasteiger partial charge in [0.1, 0.15) is 6.54 Å². The zero-order valence-electron chi connectivity index (χ0n) is 14.6. The van der Waals surface area contributed by atoms with Crippen LogP contribution in [0.3, 0.4) is 0 Å². The van der Waals surface area contributed by atoms with Gasteiger partial charge in [-0.25, -0.2) is 4.99 Å². The predicted octanol–water partition coefficient (Wildman–Crippen LogP) is 2.75. The summed E-state index contributed by atoms with van der Waals surface area (Å²) in [5.74, 6) is 1.81. The maximum absolute atomic E-state index is 12.2. The lowest BCUT2D eigenvalue weighted by molar-refractivity contribution is -0.130. The smallest absolute Gasteiger partial charge is 0.244 e. The van der Waals surface area contributed by atoms with Crippen molar-refractivity contribution in [3.8, 4) is 0 Å². The number of carbonyl (C=O) groups is 1. The maximum Gasteiger partial charge on any atom is 0.244 e. The summed E-state index contributed by atoms with van der Waals surface area (Å²) in [4.78, 5) is 18.7. The average molecular weight is 436 g/mol. The third-order valence-electron chi connectivity index (χ3n) is 4.78. The van der Waals surface area contributed by atoms with E-state index in [1.807, 2.05) is 4.90 Å². The van der Waals surface area contributed by atoms with Gasteiger partial charge in [-0.1, -0.05) is 6.92 Å². The van der Waals surface area contributed by atoms with Gasteiger partial charge in [-0.3, -0.25) is 4.79 Å². The first-order chi connectivity index (χ1) is 10.7. The summed E-state index contributed by atoms with van der Waals surface area (Å²) in [6.45, 7) is 7.28. The van der Waals surface area contributed by atoms with E-state index in [0.29, 0.717) is 6.04 Å². The summed E-state index contributed by atoms with van der Waals surface area (Å²) >= 11 is 0. The minimum absolute atomic E-state index is 0. The van der Waals surface area contributed by atoms with Crippen LogP contribution in [0.25, 0.3) is 0 Å². The Morgan fingerprint density at radius 3 is 2.39 bits per heavy atom. The predicted molar refractivity (Wildman–Crippen MR) is 106 cm³/mol. The first-order valence-corrected chi connectivity index (χ1v) is 9.01. The molecule has 5 nitrogen and oxygen atoms in total. The fraction of sp³-hybridized carbons (Fsp3) is 0.882. The number of rotatable bonds is 4. The van der Waals surface area contributed by atoms with E-state index in [4.69, 9.17) is 0 Å². The quantitative estimate of drug-likeness (QED) is 0.405. The van der Waals surface area contributed by atoms with Crippen LogP contribution in [0.15, 0.2) is 4.99 Å². The molecule has 2 N–H and O–H groups in total. The molecule has 0 aromatic rings. The van der Waals surface area contributed by atoms with Crippen molar-refractivity contribution < 1.29 is 4.79 Å². The summed E-state index contributed by atoms with van der Waals surface area (Å²) in [6.07, 6.45) is 8.48. The maximum atomic E-state index is 12.2. The summed E-state index contributed by atoms with van der Waals surface area (Å²) in [6, 6.07) is 0.499. The number of amides is 1. The van der Waals surface area contributed by atoms with Crippen LogP contribution < -0.4 is 10.6 Å². The van der Waals surface area contributed by atoms with Crippen molar-refractivity contribution in [3.63, 3.8) is 0 Å². The molecule has 1 heterocycles. The number of aliphatic imine (C=N–C) groups is 1. The molecule has 0 radical (unpaired) electrons. The Morgan fingerprint density at radius 1 is 1.13 bits per heavy atom. The monoisotopic (exact) mass is 436 g/mol. The number of carbonyl (C=O) groups excluding carboxylic acids is 1. The normalized spacial score (nSPS) is 25.5. The van der Waals surface area contributed by atoms with Gasteiger partial charge >= 0.3 is 0 Å². The Hall–Kier alpha value is -0.530. The van der Waals surface area contributed by atoms with Crippen molar-refractivity contribution >= 4 is 35.8 Å². The Balaban J connectivity index is 0.00000264. The van der Waals surface area contributed by atoms with Crippen LogP contribution >= 0.6 is 24.0 Å². The van der Waals surface area contributed by atoms with E-state index < -0.39 is 0 Å². The highest BCUT2D eigenvalue weighted by molar-refractivity contribution is 14.0. The van der Waals surface area contributed by atoms with Crippen molar-refractivity contribution in [2.24, 2.45) is 10.9 Å². The summed E-state index contributed by atoms with van der Waals surface area (Å²) in [5.41, 5.74) is 0. The largest absolute Gasteiger partial charge is 0.357 e. The molecule has 0 bridgehead atoms. The minimum Gasteiger partial charge on any atom is -0.357 e. The molecule has 2 rings (SSSR count). The highest BCUT2D eigenvalue weighted by Crippen LogP contribution is 2.23. The Morgan fingerprint density at radius 2 is 1.78 bits per heavy atom. The topological polar surface area (TPSA) is 56.7 Å². The first-order valence-electron chi connectivity index (χ1n) is 9.01. The van der Waals surface area contributed by atoms with Crippen LogP contribution in [0.1, 0.15) is 58.8 Å². The lowest BCUT2D eigenvalue weighted by Crippen LogP contribution is -2.45. The van der Waals surface area contributed by atoms with Crippen LogP contribution in [0, 0.1) is 5.92 Å². The Kier molecular flexibility index (Phi) is 9.90. The molecule has 0 atom stereocenters. The first kappa shape index (κ1) is 20.5. The van der Waals surface area contributed by atoms with Crippen LogP contribution in [-0.4, -0.2) is 49.0 Å². The van der Waals surface area contributed by atoms with Gasteiger partial charge in [-0.2, -0.15) is 0 Å². The van der Waals surface area contributed by atoms with Crippen LogP contribution in [-0.2, 0) is 4.79 Å². The van der Waals surface area contributed by atoms with E-state index >= 15 is 0 Å². The van der Waals surface area contributed by atoms with Crippen LogP contribution in [0.5, 0.6) is 0 Å². The summed E-state index contributed by atoms with van der Waals surface area (Å²) in [7, 11) is 0. The van der Waals surface area contributed by atoms with Gasteiger partial charge in [-0.15, -0.1) is 24.0 Å². The molecular weight excluding hydrogens is 403 g/mol.